The summed E-state index contributed by atoms with van der Waals surface area (Å²) >= 11 is 1.73. The molecule has 1 saturated heterocycles. The van der Waals surface area contributed by atoms with Gasteiger partial charge in [0.05, 0.1) is 6.04 Å². The van der Waals surface area contributed by atoms with Crippen LogP contribution in [-0.4, -0.2) is 29.4 Å². The Kier molecular flexibility index (Phi) is 5.43. The first-order valence-electron chi connectivity index (χ1n) is 7.93. The average molecular weight is 321 g/mol. The summed E-state index contributed by atoms with van der Waals surface area (Å²) in [6.07, 6.45) is 3.92. The second kappa shape index (κ2) is 6.95. The standard InChI is InChI=1S/C18H27NO2S/c1-13-10-11-19(17(20)21-18(2,3)4)16(12-13)14-6-8-15(22-5)9-7-14/h6-9,13,16H,10-12H2,1-5H3/t13-,16+/m1/s1. The second-order valence-corrected chi connectivity index (χ2v) is 7.97. The topological polar surface area (TPSA) is 29.5 Å². The normalized spacial score (nSPS) is 22.5. The number of nitrogens with zero attached hydrogens (tertiary/aromatic N) is 1. The minimum absolute atomic E-state index is 0.120. The SMILES string of the molecule is CSc1ccc([C@@H]2C[C@H](C)CCN2C(=O)OC(C)(C)C)cc1. The summed E-state index contributed by atoms with van der Waals surface area (Å²) < 4.78 is 5.59. The molecule has 1 aliphatic heterocycles. The van der Waals surface area contributed by atoms with Gasteiger partial charge < -0.3 is 9.64 Å². The molecule has 0 spiro atoms. The van der Waals surface area contributed by atoms with E-state index in [9.17, 15) is 4.79 Å². The van der Waals surface area contributed by atoms with Gasteiger partial charge in [-0.15, -0.1) is 11.8 Å². The van der Waals surface area contributed by atoms with Crippen LogP contribution >= 0.6 is 11.8 Å². The Morgan fingerprint density at radius 2 is 1.91 bits per heavy atom. The monoisotopic (exact) mass is 321 g/mol. The van der Waals surface area contributed by atoms with Gasteiger partial charge in [0.1, 0.15) is 5.60 Å². The lowest BCUT2D eigenvalue weighted by molar-refractivity contribution is 0.00512. The molecule has 0 aromatic heterocycles. The lowest BCUT2D eigenvalue weighted by Gasteiger charge is -2.39. The number of piperidine rings is 1. The molecule has 0 radical (unpaired) electrons. The predicted octanol–water partition coefficient (Wildman–Crippen LogP) is 5.12. The molecule has 0 bridgehead atoms. The smallest absolute Gasteiger partial charge is 0.410 e. The molecule has 0 saturated carbocycles. The summed E-state index contributed by atoms with van der Waals surface area (Å²) in [7, 11) is 0. The van der Waals surface area contributed by atoms with E-state index in [1.54, 1.807) is 11.8 Å². The number of thioether (sulfide) groups is 1. The largest absolute Gasteiger partial charge is 0.444 e. The summed E-state index contributed by atoms with van der Waals surface area (Å²) in [5, 5.41) is 0. The van der Waals surface area contributed by atoms with E-state index < -0.39 is 5.60 Å². The fourth-order valence-electron chi connectivity index (χ4n) is 2.82. The molecule has 1 amide bonds. The second-order valence-electron chi connectivity index (χ2n) is 7.09. The van der Waals surface area contributed by atoms with Crippen LogP contribution in [0.25, 0.3) is 0 Å². The van der Waals surface area contributed by atoms with Gasteiger partial charge in [0.15, 0.2) is 0 Å². The van der Waals surface area contributed by atoms with Crippen LogP contribution in [0.5, 0.6) is 0 Å². The predicted molar refractivity (Wildman–Crippen MR) is 92.3 cm³/mol. The Morgan fingerprint density at radius 3 is 2.45 bits per heavy atom. The van der Waals surface area contributed by atoms with Gasteiger partial charge in [-0.25, -0.2) is 4.79 Å². The van der Waals surface area contributed by atoms with Crippen LogP contribution in [0.1, 0.15) is 52.1 Å². The summed E-state index contributed by atoms with van der Waals surface area (Å²) in [4.78, 5) is 15.7. The van der Waals surface area contributed by atoms with Crippen molar-refractivity contribution in [1.82, 2.24) is 4.90 Å². The number of hydrogen-bond acceptors (Lipinski definition) is 3. The molecule has 0 aliphatic carbocycles. The summed E-state index contributed by atoms with van der Waals surface area (Å²) in [5.41, 5.74) is 0.753. The van der Waals surface area contributed by atoms with E-state index in [2.05, 4.69) is 37.4 Å². The number of rotatable bonds is 2. The highest BCUT2D eigenvalue weighted by Crippen LogP contribution is 2.35. The van der Waals surface area contributed by atoms with E-state index in [1.165, 1.54) is 10.5 Å². The highest BCUT2D eigenvalue weighted by Gasteiger charge is 2.33. The molecular formula is C18H27NO2S. The van der Waals surface area contributed by atoms with E-state index in [4.69, 9.17) is 4.74 Å². The first-order chi connectivity index (χ1) is 10.3. The van der Waals surface area contributed by atoms with Gasteiger partial charge in [-0.1, -0.05) is 19.1 Å². The minimum atomic E-state index is -0.451. The number of benzene rings is 1. The van der Waals surface area contributed by atoms with Gasteiger partial charge in [0.25, 0.3) is 0 Å². The molecule has 1 aromatic rings. The number of ether oxygens (including phenoxy) is 1. The molecule has 4 heteroatoms. The number of likely N-dealkylation sites (tertiary alicyclic amines) is 1. The molecule has 3 nitrogen and oxygen atoms in total. The van der Waals surface area contributed by atoms with Crippen molar-refractivity contribution in [2.45, 2.75) is 57.1 Å². The van der Waals surface area contributed by atoms with Gasteiger partial charge in [-0.2, -0.15) is 0 Å². The molecule has 122 valence electrons. The maximum atomic E-state index is 12.5. The Balaban J connectivity index is 2.20. The molecule has 2 rings (SSSR count). The summed E-state index contributed by atoms with van der Waals surface area (Å²) in [6.45, 7) is 8.78. The van der Waals surface area contributed by atoms with E-state index in [0.717, 1.165) is 19.4 Å². The minimum Gasteiger partial charge on any atom is -0.444 e. The highest BCUT2D eigenvalue weighted by atomic mass is 32.2. The Morgan fingerprint density at radius 1 is 1.27 bits per heavy atom. The summed E-state index contributed by atoms with van der Waals surface area (Å²) in [6, 6.07) is 8.67. The maximum absolute atomic E-state index is 12.5. The molecule has 1 aromatic carbocycles. The molecule has 2 atom stereocenters. The van der Waals surface area contributed by atoms with Crippen molar-refractivity contribution in [2.24, 2.45) is 5.92 Å². The van der Waals surface area contributed by atoms with Crippen LogP contribution < -0.4 is 0 Å². The molecule has 1 aliphatic rings. The summed E-state index contributed by atoms with van der Waals surface area (Å²) in [5.74, 6) is 0.629. The van der Waals surface area contributed by atoms with Crippen LogP contribution in [0.2, 0.25) is 0 Å². The third-order valence-corrected chi connectivity index (χ3v) is 4.74. The average Bonchev–Trinajstić information content (AvgIpc) is 2.45. The third kappa shape index (κ3) is 4.42. The van der Waals surface area contributed by atoms with Crippen LogP contribution in [0.15, 0.2) is 29.2 Å². The van der Waals surface area contributed by atoms with Crippen molar-refractivity contribution >= 4 is 17.9 Å². The van der Waals surface area contributed by atoms with Crippen molar-refractivity contribution in [3.05, 3.63) is 29.8 Å². The molecule has 0 N–H and O–H groups in total. The first-order valence-corrected chi connectivity index (χ1v) is 9.16. The Bertz CT molecular complexity index is 507. The van der Waals surface area contributed by atoms with E-state index >= 15 is 0 Å². The first kappa shape index (κ1) is 17.2. The lowest BCUT2D eigenvalue weighted by atomic mass is 9.88. The van der Waals surface area contributed by atoms with Crippen molar-refractivity contribution < 1.29 is 9.53 Å². The molecule has 1 fully saturated rings. The van der Waals surface area contributed by atoms with Crippen molar-refractivity contribution in [1.29, 1.82) is 0 Å². The van der Waals surface area contributed by atoms with Crippen molar-refractivity contribution in [3.8, 4) is 0 Å². The van der Waals surface area contributed by atoms with Gasteiger partial charge in [-0.05, 0) is 63.5 Å². The van der Waals surface area contributed by atoms with Crippen LogP contribution in [0.3, 0.4) is 0 Å². The number of amides is 1. The van der Waals surface area contributed by atoms with Gasteiger partial charge in [-0.3, -0.25) is 0 Å². The number of hydrogen-bond donors (Lipinski definition) is 0. The van der Waals surface area contributed by atoms with E-state index in [-0.39, 0.29) is 12.1 Å². The fourth-order valence-corrected chi connectivity index (χ4v) is 3.23. The Labute approximate surface area is 138 Å². The van der Waals surface area contributed by atoms with E-state index in [1.807, 2.05) is 25.7 Å². The molecule has 22 heavy (non-hydrogen) atoms. The molecular weight excluding hydrogens is 294 g/mol. The van der Waals surface area contributed by atoms with Gasteiger partial charge in [0, 0.05) is 11.4 Å². The number of carbonyl (C=O) groups is 1. The zero-order valence-electron chi connectivity index (χ0n) is 14.3. The Hall–Kier alpha value is -1.16. The van der Waals surface area contributed by atoms with Gasteiger partial charge in [0.2, 0.25) is 0 Å². The fraction of sp³-hybridized carbons (Fsp3) is 0.611. The van der Waals surface area contributed by atoms with Crippen molar-refractivity contribution in [2.75, 3.05) is 12.8 Å². The number of carbonyl (C=O) groups excluding carboxylic acids is 1. The quantitative estimate of drug-likeness (QED) is 0.708. The van der Waals surface area contributed by atoms with Crippen LogP contribution in [0, 0.1) is 5.92 Å². The lowest BCUT2D eigenvalue weighted by Crippen LogP contribution is -2.43. The zero-order chi connectivity index (χ0) is 16.3. The van der Waals surface area contributed by atoms with Crippen molar-refractivity contribution in [3.63, 3.8) is 0 Å². The van der Waals surface area contributed by atoms with Crippen LogP contribution in [-0.2, 0) is 4.74 Å². The van der Waals surface area contributed by atoms with Crippen LogP contribution in [0.4, 0.5) is 4.79 Å². The highest BCUT2D eigenvalue weighted by molar-refractivity contribution is 7.98. The van der Waals surface area contributed by atoms with E-state index in [0.29, 0.717) is 5.92 Å². The maximum Gasteiger partial charge on any atom is 0.410 e. The molecule has 0 unspecified atom stereocenters. The van der Waals surface area contributed by atoms with Gasteiger partial charge >= 0.3 is 6.09 Å². The third-order valence-electron chi connectivity index (χ3n) is 3.99. The zero-order valence-corrected chi connectivity index (χ0v) is 15.1. The molecule has 1 heterocycles.